The van der Waals surface area contributed by atoms with Crippen LogP contribution in [-0.2, 0) is 4.74 Å². The third-order valence-electron chi connectivity index (χ3n) is 3.31. The van der Waals surface area contributed by atoms with Crippen LogP contribution in [-0.4, -0.2) is 44.3 Å². The lowest BCUT2D eigenvalue weighted by molar-refractivity contribution is 0.103. The zero-order valence-corrected chi connectivity index (χ0v) is 11.0. The highest BCUT2D eigenvalue weighted by Crippen LogP contribution is 2.28. The third kappa shape index (κ3) is 7.20. The Morgan fingerprint density at radius 1 is 1.38 bits per heavy atom. The molecule has 0 saturated heterocycles. The second kappa shape index (κ2) is 8.04. The summed E-state index contributed by atoms with van der Waals surface area (Å²) in [7, 11) is 2.16. The lowest BCUT2D eigenvalue weighted by Crippen LogP contribution is -2.26. The summed E-state index contributed by atoms with van der Waals surface area (Å²) < 4.78 is 5.61. The zero-order valence-electron chi connectivity index (χ0n) is 11.0. The molecule has 1 fully saturated rings. The Morgan fingerprint density at radius 3 is 2.75 bits per heavy atom. The number of hydrogen-bond donors (Lipinski definition) is 1. The van der Waals surface area contributed by atoms with Gasteiger partial charge in [0, 0.05) is 19.2 Å². The molecule has 0 spiro atoms. The van der Waals surface area contributed by atoms with Crippen molar-refractivity contribution in [2.24, 2.45) is 11.7 Å². The van der Waals surface area contributed by atoms with Crippen molar-refractivity contribution in [3.05, 3.63) is 0 Å². The van der Waals surface area contributed by atoms with E-state index >= 15 is 0 Å². The summed E-state index contributed by atoms with van der Waals surface area (Å²) in [4.78, 5) is 2.34. The van der Waals surface area contributed by atoms with Gasteiger partial charge in [0.1, 0.15) is 0 Å². The van der Waals surface area contributed by atoms with Crippen LogP contribution >= 0.6 is 0 Å². The molecule has 1 atom stereocenters. The lowest BCUT2D eigenvalue weighted by Gasteiger charge is -2.17. The molecule has 2 N–H and O–H groups in total. The predicted octanol–water partition coefficient (Wildman–Crippen LogP) is 1.86. The Bertz CT molecular complexity index is 171. The minimum atomic E-state index is 0.388. The molecule has 96 valence electrons. The van der Waals surface area contributed by atoms with Gasteiger partial charge >= 0.3 is 0 Å². The molecule has 1 aliphatic carbocycles. The van der Waals surface area contributed by atoms with Crippen molar-refractivity contribution >= 4 is 0 Å². The molecule has 0 radical (unpaired) electrons. The molecule has 0 amide bonds. The monoisotopic (exact) mass is 228 g/mol. The summed E-state index contributed by atoms with van der Waals surface area (Å²) in [6.45, 7) is 6.20. The Morgan fingerprint density at radius 2 is 2.12 bits per heavy atom. The average Bonchev–Trinajstić information content (AvgIpc) is 3.08. The molecule has 0 heterocycles. The highest BCUT2D eigenvalue weighted by atomic mass is 16.5. The normalized spacial score (nSPS) is 18.0. The van der Waals surface area contributed by atoms with Crippen LogP contribution in [0.15, 0.2) is 0 Å². The van der Waals surface area contributed by atoms with Gasteiger partial charge in [0.2, 0.25) is 0 Å². The molecule has 1 unspecified atom stereocenters. The van der Waals surface area contributed by atoms with Crippen LogP contribution in [0, 0.1) is 5.92 Å². The number of likely N-dealkylation sites (N-methyl/N-ethyl adjacent to an activating group) is 1. The van der Waals surface area contributed by atoms with Gasteiger partial charge in [-0.2, -0.15) is 0 Å². The fraction of sp³-hybridized carbons (Fsp3) is 1.00. The van der Waals surface area contributed by atoms with Crippen LogP contribution in [0.2, 0.25) is 0 Å². The molecule has 16 heavy (non-hydrogen) atoms. The first-order valence-electron chi connectivity index (χ1n) is 6.74. The molecule has 0 aromatic carbocycles. The number of ether oxygens (including phenoxy) is 1. The number of rotatable bonds is 10. The first kappa shape index (κ1) is 13.9. The number of hydrogen-bond acceptors (Lipinski definition) is 3. The van der Waals surface area contributed by atoms with Gasteiger partial charge in [0.15, 0.2) is 0 Å². The van der Waals surface area contributed by atoms with E-state index in [9.17, 15) is 0 Å². The first-order chi connectivity index (χ1) is 7.72. The summed E-state index contributed by atoms with van der Waals surface area (Å²) >= 11 is 0. The molecule has 1 rings (SSSR count). The second-order valence-corrected chi connectivity index (χ2v) is 5.13. The van der Waals surface area contributed by atoms with E-state index < -0.39 is 0 Å². The van der Waals surface area contributed by atoms with Crippen molar-refractivity contribution in [2.75, 3.05) is 33.4 Å². The summed E-state index contributed by atoms with van der Waals surface area (Å²) in [5, 5.41) is 0. The van der Waals surface area contributed by atoms with E-state index in [0.717, 1.165) is 45.1 Å². The molecule has 3 nitrogen and oxygen atoms in total. The molecular weight excluding hydrogens is 200 g/mol. The van der Waals surface area contributed by atoms with E-state index in [2.05, 4.69) is 18.9 Å². The van der Waals surface area contributed by atoms with Crippen LogP contribution < -0.4 is 5.73 Å². The van der Waals surface area contributed by atoms with Crippen LogP contribution in [0.1, 0.15) is 39.0 Å². The minimum Gasteiger partial charge on any atom is -0.380 e. The minimum absolute atomic E-state index is 0.388. The van der Waals surface area contributed by atoms with Crippen LogP contribution in [0.4, 0.5) is 0 Å². The predicted molar refractivity (Wildman–Crippen MR) is 68.5 cm³/mol. The van der Waals surface area contributed by atoms with Gasteiger partial charge in [-0.05, 0) is 51.6 Å². The topological polar surface area (TPSA) is 38.5 Å². The highest BCUT2D eigenvalue weighted by molar-refractivity contribution is 4.72. The summed E-state index contributed by atoms with van der Waals surface area (Å²) in [6, 6.07) is 0.388. The lowest BCUT2D eigenvalue weighted by atomic mass is 10.1. The van der Waals surface area contributed by atoms with E-state index in [4.69, 9.17) is 10.5 Å². The molecule has 0 aliphatic heterocycles. The molecule has 0 aromatic rings. The quantitative estimate of drug-likeness (QED) is 0.580. The van der Waals surface area contributed by atoms with Gasteiger partial charge in [-0.1, -0.05) is 6.92 Å². The van der Waals surface area contributed by atoms with Gasteiger partial charge < -0.3 is 15.4 Å². The molecule has 1 saturated carbocycles. The highest BCUT2D eigenvalue weighted by Gasteiger charge is 2.20. The van der Waals surface area contributed by atoms with Crippen molar-refractivity contribution in [3.8, 4) is 0 Å². The maximum Gasteiger partial charge on any atom is 0.0593 e. The van der Waals surface area contributed by atoms with Crippen molar-refractivity contribution in [1.82, 2.24) is 4.90 Å². The van der Waals surface area contributed by atoms with E-state index in [1.54, 1.807) is 0 Å². The van der Waals surface area contributed by atoms with Gasteiger partial charge in [0.25, 0.3) is 0 Å². The largest absolute Gasteiger partial charge is 0.380 e. The third-order valence-corrected chi connectivity index (χ3v) is 3.31. The van der Waals surface area contributed by atoms with E-state index in [0.29, 0.717) is 6.04 Å². The average molecular weight is 228 g/mol. The van der Waals surface area contributed by atoms with Crippen LogP contribution in [0.3, 0.4) is 0 Å². The molecule has 0 bridgehead atoms. The maximum atomic E-state index is 5.88. The van der Waals surface area contributed by atoms with Crippen molar-refractivity contribution < 1.29 is 4.74 Å². The van der Waals surface area contributed by atoms with Crippen molar-refractivity contribution in [2.45, 2.75) is 45.1 Å². The zero-order chi connectivity index (χ0) is 11.8. The fourth-order valence-corrected chi connectivity index (χ4v) is 1.69. The van der Waals surface area contributed by atoms with Gasteiger partial charge in [0.05, 0.1) is 6.61 Å². The Balaban J connectivity index is 1.83. The van der Waals surface area contributed by atoms with Gasteiger partial charge in [-0.25, -0.2) is 0 Å². The molecule has 0 aromatic heterocycles. The summed E-state index contributed by atoms with van der Waals surface area (Å²) in [5.74, 6) is 0.882. The summed E-state index contributed by atoms with van der Waals surface area (Å²) in [6.07, 6.45) is 6.20. The maximum absolute atomic E-state index is 5.88. The van der Waals surface area contributed by atoms with Crippen molar-refractivity contribution in [3.63, 3.8) is 0 Å². The molecular formula is C13H28N2O. The van der Waals surface area contributed by atoms with E-state index in [-0.39, 0.29) is 0 Å². The van der Waals surface area contributed by atoms with Gasteiger partial charge in [-0.3, -0.25) is 0 Å². The number of nitrogens with two attached hydrogens (primary N) is 1. The van der Waals surface area contributed by atoms with Crippen molar-refractivity contribution in [1.29, 1.82) is 0 Å². The Kier molecular flexibility index (Phi) is 7.01. The standard InChI is InChI=1S/C13H28N2O/c1-3-13(14)5-4-8-15(2)9-10-16-11-12-6-7-12/h12-13H,3-11,14H2,1-2H3. The van der Waals surface area contributed by atoms with Crippen LogP contribution in [0.5, 0.6) is 0 Å². The Hall–Kier alpha value is -0.120. The van der Waals surface area contributed by atoms with E-state index in [1.807, 2.05) is 0 Å². The second-order valence-electron chi connectivity index (χ2n) is 5.13. The van der Waals surface area contributed by atoms with Gasteiger partial charge in [-0.15, -0.1) is 0 Å². The van der Waals surface area contributed by atoms with E-state index in [1.165, 1.54) is 19.3 Å². The number of nitrogens with zero attached hydrogens (tertiary/aromatic N) is 1. The molecule has 3 heteroatoms. The van der Waals surface area contributed by atoms with Crippen LogP contribution in [0.25, 0.3) is 0 Å². The smallest absolute Gasteiger partial charge is 0.0593 e. The first-order valence-corrected chi connectivity index (χ1v) is 6.74. The Labute approximate surface area is 100 Å². The SMILES string of the molecule is CCC(N)CCCN(C)CCOCC1CC1. The fourth-order valence-electron chi connectivity index (χ4n) is 1.69. The molecule has 1 aliphatic rings. The summed E-state index contributed by atoms with van der Waals surface area (Å²) in [5.41, 5.74) is 5.88.